The number of nitrogens with zero attached hydrogens (tertiary/aromatic N) is 5. The molecule has 1 aromatic rings. The predicted octanol–water partition coefficient (Wildman–Crippen LogP) is 2.97. The quantitative estimate of drug-likeness (QED) is 0.530. The highest BCUT2D eigenvalue weighted by atomic mass is 19.4. The lowest BCUT2D eigenvalue weighted by atomic mass is 9.89. The molecule has 0 radical (unpaired) electrons. The molecule has 2 aliphatic heterocycles. The number of alkyl halides is 6. The van der Waals surface area contributed by atoms with Crippen molar-refractivity contribution >= 4 is 17.8 Å². The second-order valence-corrected chi connectivity index (χ2v) is 9.77. The van der Waals surface area contributed by atoms with Gasteiger partial charge < -0.3 is 20.0 Å². The van der Waals surface area contributed by atoms with Crippen molar-refractivity contribution in [3.05, 3.63) is 17.0 Å². The number of aromatic nitrogens is 2. The van der Waals surface area contributed by atoms with E-state index in [-0.39, 0.29) is 5.91 Å². The lowest BCUT2D eigenvalue weighted by molar-refractivity contribution is -0.193. The lowest BCUT2D eigenvalue weighted by Gasteiger charge is -2.32. The van der Waals surface area contributed by atoms with E-state index in [2.05, 4.69) is 21.9 Å². The third kappa shape index (κ3) is 9.67. The van der Waals surface area contributed by atoms with Gasteiger partial charge in [0.2, 0.25) is 0 Å². The highest BCUT2D eigenvalue weighted by Gasteiger charge is 2.39. The van der Waals surface area contributed by atoms with Gasteiger partial charge in [-0.3, -0.25) is 14.4 Å². The third-order valence-corrected chi connectivity index (χ3v) is 6.75. The van der Waals surface area contributed by atoms with Gasteiger partial charge in [0.1, 0.15) is 0 Å². The number of halogens is 6. The Bertz CT molecular complexity index is 975. The number of carboxylic acid groups (broad SMARTS) is 2. The molecule has 10 nitrogen and oxygen atoms in total. The molecule has 222 valence electrons. The van der Waals surface area contributed by atoms with Crippen LogP contribution in [0.15, 0.2) is 0 Å². The zero-order valence-electron chi connectivity index (χ0n) is 21.7. The summed E-state index contributed by atoms with van der Waals surface area (Å²) < 4.78 is 65.4. The van der Waals surface area contributed by atoms with Crippen molar-refractivity contribution in [1.82, 2.24) is 24.5 Å². The van der Waals surface area contributed by atoms with Gasteiger partial charge in [-0.05, 0) is 25.8 Å². The van der Waals surface area contributed by atoms with Crippen molar-refractivity contribution in [3.8, 4) is 0 Å². The number of hydrogen-bond acceptors (Lipinski definition) is 6. The van der Waals surface area contributed by atoms with Crippen LogP contribution in [0.4, 0.5) is 26.3 Å². The van der Waals surface area contributed by atoms with E-state index in [4.69, 9.17) is 19.8 Å². The molecule has 1 aromatic heterocycles. The van der Waals surface area contributed by atoms with Crippen molar-refractivity contribution in [2.24, 2.45) is 13.0 Å². The van der Waals surface area contributed by atoms with Crippen LogP contribution in [0.2, 0.25) is 0 Å². The monoisotopic (exact) mass is 573 g/mol. The fourth-order valence-corrected chi connectivity index (χ4v) is 4.65. The Morgan fingerprint density at radius 3 is 1.79 bits per heavy atom. The summed E-state index contributed by atoms with van der Waals surface area (Å²) in [5, 5.41) is 18.8. The lowest BCUT2D eigenvalue weighted by Crippen LogP contribution is -2.47. The summed E-state index contributed by atoms with van der Waals surface area (Å²) in [5.74, 6) is -4.54. The first-order chi connectivity index (χ1) is 18.0. The molecular weight excluding hydrogens is 540 g/mol. The number of hydrogen-bond donors (Lipinski definition) is 2. The van der Waals surface area contributed by atoms with Crippen LogP contribution in [-0.2, 0) is 29.7 Å². The van der Waals surface area contributed by atoms with E-state index < -0.39 is 24.3 Å². The number of fused-ring (bicyclic) bond motifs is 1. The Morgan fingerprint density at radius 1 is 0.846 bits per heavy atom. The number of carboxylic acids is 2. The fourth-order valence-electron chi connectivity index (χ4n) is 4.65. The molecule has 0 atom stereocenters. The summed E-state index contributed by atoms with van der Waals surface area (Å²) >= 11 is 0. The first-order valence-electron chi connectivity index (χ1n) is 12.4. The minimum atomic E-state index is -5.08. The van der Waals surface area contributed by atoms with E-state index in [1.807, 2.05) is 16.6 Å². The van der Waals surface area contributed by atoms with E-state index in [1.165, 1.54) is 49.9 Å². The van der Waals surface area contributed by atoms with Gasteiger partial charge in [0.25, 0.3) is 5.91 Å². The zero-order valence-corrected chi connectivity index (χ0v) is 21.7. The molecule has 1 amide bonds. The van der Waals surface area contributed by atoms with Crippen molar-refractivity contribution in [2.45, 2.75) is 57.5 Å². The van der Waals surface area contributed by atoms with E-state index in [9.17, 15) is 31.1 Å². The molecule has 16 heteroatoms. The Balaban J connectivity index is 0.000000317. The summed E-state index contributed by atoms with van der Waals surface area (Å²) in [5.41, 5.74) is 3.13. The maximum atomic E-state index is 13.0. The minimum absolute atomic E-state index is 0.129. The average molecular weight is 574 g/mol. The molecule has 3 aliphatic rings. The number of carbonyl (C=O) groups excluding carboxylic acids is 1. The third-order valence-electron chi connectivity index (χ3n) is 6.75. The van der Waals surface area contributed by atoms with Crippen LogP contribution in [0.3, 0.4) is 0 Å². The summed E-state index contributed by atoms with van der Waals surface area (Å²) in [6.45, 7) is 6.55. The number of aliphatic carboxylic acids is 2. The Morgan fingerprint density at radius 2 is 1.33 bits per heavy atom. The maximum Gasteiger partial charge on any atom is 0.490 e. The number of rotatable bonds is 3. The van der Waals surface area contributed by atoms with Gasteiger partial charge in [-0.15, -0.1) is 0 Å². The average Bonchev–Trinajstić information content (AvgIpc) is 3.38. The van der Waals surface area contributed by atoms with Gasteiger partial charge in [0.05, 0.1) is 5.69 Å². The van der Waals surface area contributed by atoms with Gasteiger partial charge in [-0.25, -0.2) is 9.59 Å². The summed E-state index contributed by atoms with van der Waals surface area (Å²) in [6.07, 6.45) is -3.24. The summed E-state index contributed by atoms with van der Waals surface area (Å²) in [7, 11) is 4.10. The van der Waals surface area contributed by atoms with Crippen LogP contribution in [0, 0.1) is 5.92 Å². The fraction of sp³-hybridized carbons (Fsp3) is 0.739. The van der Waals surface area contributed by atoms with Gasteiger partial charge in [0, 0.05) is 58.4 Å². The molecule has 0 unspecified atom stereocenters. The minimum Gasteiger partial charge on any atom is -0.475 e. The molecule has 2 N–H and O–H groups in total. The zero-order chi connectivity index (χ0) is 29.5. The second kappa shape index (κ2) is 13.5. The Kier molecular flexibility index (Phi) is 11.2. The van der Waals surface area contributed by atoms with Crippen molar-refractivity contribution in [1.29, 1.82) is 0 Å². The highest BCUT2D eigenvalue weighted by Crippen LogP contribution is 2.30. The molecule has 0 spiro atoms. The van der Waals surface area contributed by atoms with E-state index in [1.54, 1.807) is 0 Å². The molecule has 0 aromatic carbocycles. The molecular formula is C23H33F6N5O5. The molecule has 2 fully saturated rings. The Hall–Kier alpha value is -2.88. The van der Waals surface area contributed by atoms with Crippen LogP contribution in [0.5, 0.6) is 0 Å². The van der Waals surface area contributed by atoms with Crippen LogP contribution < -0.4 is 0 Å². The topological polar surface area (TPSA) is 119 Å². The number of likely N-dealkylation sites (N-methyl/N-ethyl adjacent to an activating group) is 1. The van der Waals surface area contributed by atoms with Crippen molar-refractivity contribution in [2.75, 3.05) is 39.8 Å². The highest BCUT2D eigenvalue weighted by molar-refractivity contribution is 5.94. The van der Waals surface area contributed by atoms with Crippen molar-refractivity contribution in [3.63, 3.8) is 0 Å². The van der Waals surface area contributed by atoms with Gasteiger partial charge >= 0.3 is 24.3 Å². The maximum absolute atomic E-state index is 13.0. The molecule has 1 saturated carbocycles. The number of aryl methyl sites for hydroxylation is 1. The standard InChI is InChI=1S/C19H31N5O.2C2HF3O2/c1-21-8-10-24(11-9-21)19(25)18-16-13-23(14-17(16)22(2)20-18)12-15-6-4-3-5-7-15;2*3-2(4,5)1(6)7/h15H,3-14H2,1-2H3;2*(H,6,7). The molecule has 4 rings (SSSR count). The van der Waals surface area contributed by atoms with E-state index in [0.29, 0.717) is 5.69 Å². The largest absolute Gasteiger partial charge is 0.490 e. The smallest absolute Gasteiger partial charge is 0.475 e. The first kappa shape index (κ1) is 32.3. The van der Waals surface area contributed by atoms with Crippen molar-refractivity contribution < 1.29 is 50.9 Å². The van der Waals surface area contributed by atoms with E-state index in [0.717, 1.165) is 45.2 Å². The number of amides is 1. The molecule has 0 bridgehead atoms. The summed E-state index contributed by atoms with van der Waals surface area (Å²) in [4.78, 5) is 37.6. The van der Waals surface area contributed by atoms with Crippen LogP contribution in [0.1, 0.15) is 53.8 Å². The number of piperazine rings is 1. The van der Waals surface area contributed by atoms with Gasteiger partial charge in [-0.1, -0.05) is 19.3 Å². The molecule has 1 saturated heterocycles. The number of carbonyl (C=O) groups is 3. The molecule has 39 heavy (non-hydrogen) atoms. The second-order valence-electron chi connectivity index (χ2n) is 9.77. The van der Waals surface area contributed by atoms with Crippen LogP contribution in [-0.4, -0.2) is 105 Å². The molecule has 1 aliphatic carbocycles. The SMILES string of the molecule is CN1CCN(C(=O)c2nn(C)c3c2CN(CC2CCCCC2)C3)CC1.O=C(O)C(F)(F)F.O=C(O)C(F)(F)F. The Labute approximate surface area is 221 Å². The van der Waals surface area contributed by atoms with Crippen LogP contribution >= 0.6 is 0 Å². The van der Waals surface area contributed by atoms with Gasteiger partial charge in [-0.2, -0.15) is 31.4 Å². The summed E-state index contributed by atoms with van der Waals surface area (Å²) in [6, 6.07) is 0. The van der Waals surface area contributed by atoms with E-state index >= 15 is 0 Å². The van der Waals surface area contributed by atoms with Gasteiger partial charge in [0.15, 0.2) is 5.69 Å². The predicted molar refractivity (Wildman–Crippen MR) is 125 cm³/mol. The molecule has 3 heterocycles. The van der Waals surface area contributed by atoms with Crippen LogP contribution in [0.25, 0.3) is 0 Å². The first-order valence-corrected chi connectivity index (χ1v) is 12.4. The normalized spacial score (nSPS) is 18.9.